The Labute approximate surface area is 220 Å². The molecule has 2 saturated heterocycles. The van der Waals surface area contributed by atoms with Crippen molar-refractivity contribution in [3.63, 3.8) is 0 Å². The fourth-order valence-corrected chi connectivity index (χ4v) is 6.17. The highest BCUT2D eigenvalue weighted by molar-refractivity contribution is 7.07. The Morgan fingerprint density at radius 2 is 2.08 bits per heavy atom. The SMILES string of the molecule is CCC12COCCN1C1=NC(c3snnc3-c3ccc(F)cn3)=CCCC=C1N1C(C)=CCC(C)N=C12. The van der Waals surface area contributed by atoms with Crippen LogP contribution >= 0.6 is 11.5 Å². The van der Waals surface area contributed by atoms with Gasteiger partial charge in [0.05, 0.1) is 42.5 Å². The summed E-state index contributed by atoms with van der Waals surface area (Å²) >= 11 is 1.29. The quantitative estimate of drug-likeness (QED) is 0.565. The zero-order valence-corrected chi connectivity index (χ0v) is 22.1. The summed E-state index contributed by atoms with van der Waals surface area (Å²) in [7, 11) is 0. The summed E-state index contributed by atoms with van der Waals surface area (Å²) in [5.74, 6) is 1.59. The molecule has 0 N–H and O–H groups in total. The second-order valence-corrected chi connectivity index (χ2v) is 10.6. The number of rotatable bonds is 3. The Hall–Kier alpha value is -3.24. The van der Waals surface area contributed by atoms with Crippen LogP contribution in [-0.4, -0.2) is 67.4 Å². The number of morpholine rings is 1. The standard InChI is InChI=1S/C27H30FN7OS/c1-4-27-16-36-14-13-34(27)25-22(35-18(3)10-9-17(2)30-26(27)35)8-6-5-7-21(31-25)24-23(32-33-37-24)20-12-11-19(28)15-29-20/h7-8,10-12,15,17H,4-6,9,13-14,16H2,1-3H3. The zero-order valence-electron chi connectivity index (χ0n) is 21.3. The molecule has 6 rings (SSSR count). The number of hydrogen-bond donors (Lipinski definition) is 0. The number of aromatic nitrogens is 3. The second kappa shape index (κ2) is 9.57. The zero-order chi connectivity index (χ0) is 25.6. The Kier molecular flexibility index (Phi) is 6.24. The number of halogens is 1. The van der Waals surface area contributed by atoms with Gasteiger partial charge < -0.3 is 9.64 Å². The van der Waals surface area contributed by atoms with Crippen LogP contribution in [0.4, 0.5) is 4.39 Å². The average molecular weight is 520 g/mol. The van der Waals surface area contributed by atoms with Gasteiger partial charge in [-0.15, -0.1) is 5.10 Å². The van der Waals surface area contributed by atoms with Gasteiger partial charge in [0.25, 0.3) is 0 Å². The first-order chi connectivity index (χ1) is 18.0. The first-order valence-electron chi connectivity index (χ1n) is 12.9. The molecule has 0 bridgehead atoms. The Bertz CT molecular complexity index is 1360. The smallest absolute Gasteiger partial charge is 0.154 e. The molecule has 4 aliphatic heterocycles. The summed E-state index contributed by atoms with van der Waals surface area (Å²) < 4.78 is 23.9. The van der Waals surface area contributed by atoms with Crippen LogP contribution in [0.15, 0.2) is 57.9 Å². The molecule has 2 unspecified atom stereocenters. The number of piperazine rings is 1. The van der Waals surface area contributed by atoms with E-state index < -0.39 is 5.54 Å². The molecular weight excluding hydrogens is 489 g/mol. The lowest BCUT2D eigenvalue weighted by atomic mass is 9.86. The van der Waals surface area contributed by atoms with Gasteiger partial charge in [0.2, 0.25) is 0 Å². The van der Waals surface area contributed by atoms with Crippen molar-refractivity contribution in [1.82, 2.24) is 24.4 Å². The predicted molar refractivity (Wildman–Crippen MR) is 143 cm³/mol. The second-order valence-electron chi connectivity index (χ2n) is 9.81. The Morgan fingerprint density at radius 3 is 2.89 bits per heavy atom. The summed E-state index contributed by atoms with van der Waals surface area (Å²) in [5, 5.41) is 4.35. The van der Waals surface area contributed by atoms with E-state index in [2.05, 4.69) is 63.4 Å². The maximum absolute atomic E-state index is 13.5. The molecule has 4 aliphatic rings. The molecule has 10 heteroatoms. The molecular formula is C27H30FN7OS. The first-order valence-corrected chi connectivity index (χ1v) is 13.6. The van der Waals surface area contributed by atoms with Gasteiger partial charge in [-0.2, -0.15) is 0 Å². The van der Waals surface area contributed by atoms with E-state index in [1.807, 2.05) is 0 Å². The van der Waals surface area contributed by atoms with Crippen molar-refractivity contribution in [3.05, 3.63) is 58.6 Å². The van der Waals surface area contributed by atoms with Crippen molar-refractivity contribution in [1.29, 1.82) is 0 Å². The number of amidine groups is 2. The minimum absolute atomic E-state index is 0.194. The minimum atomic E-state index is -0.403. The number of allylic oxidation sites excluding steroid dienone is 3. The number of aliphatic imine (C=N–C) groups is 2. The van der Waals surface area contributed by atoms with Gasteiger partial charge in [0.15, 0.2) is 5.84 Å². The first kappa shape index (κ1) is 24.1. The average Bonchev–Trinajstić information content (AvgIpc) is 3.32. The molecule has 6 heterocycles. The van der Waals surface area contributed by atoms with E-state index in [4.69, 9.17) is 14.7 Å². The number of pyridine rings is 1. The van der Waals surface area contributed by atoms with Crippen LogP contribution in [0.2, 0.25) is 0 Å². The van der Waals surface area contributed by atoms with Crippen molar-refractivity contribution >= 4 is 28.9 Å². The van der Waals surface area contributed by atoms with E-state index in [1.54, 1.807) is 6.07 Å². The molecule has 0 aromatic carbocycles. The van der Waals surface area contributed by atoms with Crippen LogP contribution in [0.25, 0.3) is 17.1 Å². The summed E-state index contributed by atoms with van der Waals surface area (Å²) in [5.41, 5.74) is 3.85. The largest absolute Gasteiger partial charge is 0.377 e. The normalized spacial score (nSPS) is 25.7. The lowest BCUT2D eigenvalue weighted by Crippen LogP contribution is -2.71. The topological polar surface area (TPSA) is 79.1 Å². The van der Waals surface area contributed by atoms with Gasteiger partial charge in [-0.05, 0) is 63.2 Å². The number of fused-ring (bicyclic) bond motifs is 6. The van der Waals surface area contributed by atoms with Crippen molar-refractivity contribution in [2.75, 3.05) is 19.8 Å². The Balaban J connectivity index is 1.53. The third-order valence-corrected chi connectivity index (χ3v) is 8.21. The Morgan fingerprint density at radius 1 is 1.22 bits per heavy atom. The molecule has 2 aromatic rings. The maximum atomic E-state index is 13.5. The van der Waals surface area contributed by atoms with Gasteiger partial charge in [0.1, 0.15) is 27.8 Å². The third-order valence-electron chi connectivity index (χ3n) is 7.46. The van der Waals surface area contributed by atoms with Crippen molar-refractivity contribution < 1.29 is 9.13 Å². The van der Waals surface area contributed by atoms with Crippen LogP contribution < -0.4 is 0 Å². The van der Waals surface area contributed by atoms with Gasteiger partial charge in [-0.1, -0.05) is 29.6 Å². The van der Waals surface area contributed by atoms with E-state index in [9.17, 15) is 4.39 Å². The van der Waals surface area contributed by atoms with Crippen LogP contribution in [0.1, 0.15) is 51.3 Å². The highest BCUT2D eigenvalue weighted by Gasteiger charge is 2.53. The summed E-state index contributed by atoms with van der Waals surface area (Å²) in [6.07, 6.45) is 11.4. The molecule has 37 heavy (non-hydrogen) atoms. The fraction of sp³-hybridized carbons (Fsp3) is 0.444. The molecule has 2 atom stereocenters. The van der Waals surface area contributed by atoms with Crippen LogP contribution in [0.5, 0.6) is 0 Å². The van der Waals surface area contributed by atoms with E-state index >= 15 is 0 Å². The van der Waals surface area contributed by atoms with Crippen molar-refractivity contribution in [2.45, 2.75) is 58.0 Å². The third kappa shape index (κ3) is 4.02. The van der Waals surface area contributed by atoms with Gasteiger partial charge >= 0.3 is 0 Å². The van der Waals surface area contributed by atoms with E-state index in [-0.39, 0.29) is 11.9 Å². The lowest BCUT2D eigenvalue weighted by Gasteiger charge is -2.56. The lowest BCUT2D eigenvalue weighted by molar-refractivity contribution is -0.00946. The highest BCUT2D eigenvalue weighted by atomic mass is 32.1. The summed E-state index contributed by atoms with van der Waals surface area (Å²) in [6.45, 7) is 8.48. The van der Waals surface area contributed by atoms with Crippen LogP contribution in [0.3, 0.4) is 0 Å². The monoisotopic (exact) mass is 519 g/mol. The highest BCUT2D eigenvalue weighted by Crippen LogP contribution is 2.41. The van der Waals surface area contributed by atoms with Crippen molar-refractivity contribution in [3.8, 4) is 11.4 Å². The molecule has 192 valence electrons. The number of ether oxygens (including phenoxy) is 1. The van der Waals surface area contributed by atoms with Gasteiger partial charge in [0, 0.05) is 12.2 Å². The number of hydrogen-bond acceptors (Lipinski definition) is 9. The summed E-state index contributed by atoms with van der Waals surface area (Å²) in [4.78, 5) is 20.4. The van der Waals surface area contributed by atoms with E-state index in [0.29, 0.717) is 24.6 Å². The molecule has 0 saturated carbocycles. The molecule has 8 nitrogen and oxygen atoms in total. The molecule has 0 spiro atoms. The predicted octanol–water partition coefficient (Wildman–Crippen LogP) is 5.05. The van der Waals surface area contributed by atoms with Crippen LogP contribution in [0, 0.1) is 5.82 Å². The molecule has 2 aromatic heterocycles. The van der Waals surface area contributed by atoms with E-state index in [1.165, 1.54) is 29.5 Å². The van der Waals surface area contributed by atoms with Crippen LogP contribution in [-0.2, 0) is 4.74 Å². The fourth-order valence-electron chi connectivity index (χ4n) is 5.51. The van der Waals surface area contributed by atoms with Crippen molar-refractivity contribution in [2.24, 2.45) is 9.98 Å². The van der Waals surface area contributed by atoms with Gasteiger partial charge in [-0.25, -0.2) is 9.38 Å². The van der Waals surface area contributed by atoms with Gasteiger partial charge in [-0.3, -0.25) is 14.9 Å². The molecule has 0 radical (unpaired) electrons. The minimum Gasteiger partial charge on any atom is -0.377 e. The molecule has 0 amide bonds. The molecule has 0 aliphatic carbocycles. The molecule has 2 fully saturated rings. The van der Waals surface area contributed by atoms with E-state index in [0.717, 1.165) is 60.2 Å². The maximum Gasteiger partial charge on any atom is 0.154 e. The number of nitrogens with zero attached hydrogens (tertiary/aromatic N) is 7. The summed E-state index contributed by atoms with van der Waals surface area (Å²) in [6, 6.07) is 3.22.